The molecule has 5 heteroatoms. The minimum Gasteiger partial charge on any atom is -0.489 e. The van der Waals surface area contributed by atoms with Crippen molar-refractivity contribution in [2.24, 2.45) is 5.73 Å². The molecule has 3 nitrogen and oxygen atoms in total. The van der Waals surface area contributed by atoms with E-state index in [0.29, 0.717) is 17.9 Å². The molecule has 25 heavy (non-hydrogen) atoms. The van der Waals surface area contributed by atoms with E-state index in [1.165, 1.54) is 6.07 Å². The van der Waals surface area contributed by atoms with Gasteiger partial charge in [0.05, 0.1) is 0 Å². The molecule has 0 aromatic heterocycles. The number of hydrogen-bond donors (Lipinski definition) is 1. The summed E-state index contributed by atoms with van der Waals surface area (Å²) in [4.78, 5) is 11.2. The lowest BCUT2D eigenvalue weighted by atomic mass is 10.0. The number of benzene rings is 3. The Bertz CT molecular complexity index is 894. The molecule has 1 amide bonds. The molecule has 126 valence electrons. The van der Waals surface area contributed by atoms with Crippen LogP contribution in [0.5, 0.6) is 5.75 Å². The molecule has 0 heterocycles. The Morgan fingerprint density at radius 2 is 1.64 bits per heavy atom. The van der Waals surface area contributed by atoms with Crippen molar-refractivity contribution < 1.29 is 18.3 Å². The molecule has 0 unspecified atom stereocenters. The van der Waals surface area contributed by atoms with Crippen molar-refractivity contribution in [3.05, 3.63) is 89.5 Å². The van der Waals surface area contributed by atoms with Crippen LogP contribution < -0.4 is 10.5 Å². The largest absolute Gasteiger partial charge is 0.489 e. The van der Waals surface area contributed by atoms with Crippen molar-refractivity contribution in [1.82, 2.24) is 0 Å². The van der Waals surface area contributed by atoms with Crippen molar-refractivity contribution in [2.45, 2.75) is 6.61 Å². The van der Waals surface area contributed by atoms with Crippen LogP contribution in [0.4, 0.5) is 8.78 Å². The summed E-state index contributed by atoms with van der Waals surface area (Å²) in [5, 5.41) is 0. The van der Waals surface area contributed by atoms with Crippen LogP contribution in [-0.2, 0) is 6.61 Å². The van der Waals surface area contributed by atoms with E-state index in [2.05, 4.69) is 0 Å². The number of halogens is 2. The van der Waals surface area contributed by atoms with Gasteiger partial charge in [-0.1, -0.05) is 42.5 Å². The van der Waals surface area contributed by atoms with E-state index in [9.17, 15) is 13.6 Å². The molecule has 0 bridgehead atoms. The van der Waals surface area contributed by atoms with Gasteiger partial charge in [0.25, 0.3) is 0 Å². The number of rotatable bonds is 5. The summed E-state index contributed by atoms with van der Waals surface area (Å²) in [7, 11) is 0. The van der Waals surface area contributed by atoms with Gasteiger partial charge in [-0.2, -0.15) is 0 Å². The summed E-state index contributed by atoms with van der Waals surface area (Å²) in [5.74, 6) is -2.36. The zero-order chi connectivity index (χ0) is 17.8. The minimum absolute atomic E-state index is 0.0246. The molecule has 2 N–H and O–H groups in total. The summed E-state index contributed by atoms with van der Waals surface area (Å²) >= 11 is 0. The molecule has 0 aliphatic rings. The second kappa shape index (κ2) is 7.13. The molecule has 3 rings (SSSR count). The maximum atomic E-state index is 14.0. The van der Waals surface area contributed by atoms with Crippen molar-refractivity contribution in [1.29, 1.82) is 0 Å². The molecule has 0 saturated carbocycles. The molecule has 0 aliphatic carbocycles. The SMILES string of the molecule is NC(=O)c1cc(F)c(F)c(-c2ccc(OCc3ccccc3)cc2)c1. The fourth-order valence-corrected chi connectivity index (χ4v) is 2.41. The first kappa shape index (κ1) is 16.6. The fourth-order valence-electron chi connectivity index (χ4n) is 2.41. The van der Waals surface area contributed by atoms with Crippen molar-refractivity contribution in [2.75, 3.05) is 0 Å². The van der Waals surface area contributed by atoms with Gasteiger partial charge in [-0.15, -0.1) is 0 Å². The Morgan fingerprint density at radius 1 is 0.960 bits per heavy atom. The van der Waals surface area contributed by atoms with Gasteiger partial charge in [-0.3, -0.25) is 4.79 Å². The number of amides is 1. The molecule has 0 saturated heterocycles. The van der Waals surface area contributed by atoms with E-state index in [4.69, 9.17) is 10.5 Å². The lowest BCUT2D eigenvalue weighted by molar-refractivity contribution is 0.1000. The van der Waals surface area contributed by atoms with Crippen molar-refractivity contribution in [3.63, 3.8) is 0 Å². The van der Waals surface area contributed by atoms with Gasteiger partial charge < -0.3 is 10.5 Å². The maximum absolute atomic E-state index is 14.0. The summed E-state index contributed by atoms with van der Waals surface area (Å²) in [6.07, 6.45) is 0. The Morgan fingerprint density at radius 3 is 2.28 bits per heavy atom. The standard InChI is InChI=1S/C20H15F2NO2/c21-18-11-15(20(23)24)10-17(19(18)22)14-6-8-16(9-7-14)25-12-13-4-2-1-3-5-13/h1-11H,12H2,(H2,23,24). The minimum atomic E-state index is -1.12. The highest BCUT2D eigenvalue weighted by Gasteiger charge is 2.15. The first-order valence-corrected chi connectivity index (χ1v) is 7.60. The molecule has 3 aromatic rings. The van der Waals surface area contributed by atoms with E-state index in [0.717, 1.165) is 11.6 Å². The van der Waals surface area contributed by atoms with Gasteiger partial charge >= 0.3 is 0 Å². The number of carbonyl (C=O) groups is 1. The molecule has 3 aromatic carbocycles. The first-order valence-electron chi connectivity index (χ1n) is 7.60. The molecule has 0 radical (unpaired) electrons. The monoisotopic (exact) mass is 339 g/mol. The van der Waals surface area contributed by atoms with Crippen LogP contribution in [0.2, 0.25) is 0 Å². The van der Waals surface area contributed by atoms with Gasteiger partial charge in [-0.05, 0) is 35.4 Å². The van der Waals surface area contributed by atoms with E-state index in [1.54, 1.807) is 24.3 Å². The fraction of sp³-hybridized carbons (Fsp3) is 0.0500. The highest BCUT2D eigenvalue weighted by atomic mass is 19.2. The van der Waals surface area contributed by atoms with E-state index >= 15 is 0 Å². The van der Waals surface area contributed by atoms with Crippen LogP contribution in [0.25, 0.3) is 11.1 Å². The topological polar surface area (TPSA) is 52.3 Å². The van der Waals surface area contributed by atoms with Gasteiger partial charge in [-0.25, -0.2) is 8.78 Å². The number of primary amides is 1. The van der Waals surface area contributed by atoms with E-state index < -0.39 is 17.5 Å². The average Bonchev–Trinajstić information content (AvgIpc) is 2.63. The summed E-state index contributed by atoms with van der Waals surface area (Å²) in [5.41, 5.74) is 6.49. The Hall–Kier alpha value is -3.21. The lowest BCUT2D eigenvalue weighted by Gasteiger charge is -2.09. The Labute approximate surface area is 143 Å². The zero-order valence-electron chi connectivity index (χ0n) is 13.2. The third-order valence-corrected chi connectivity index (χ3v) is 3.73. The highest BCUT2D eigenvalue weighted by Crippen LogP contribution is 2.28. The lowest BCUT2D eigenvalue weighted by Crippen LogP contribution is -2.12. The third kappa shape index (κ3) is 3.83. The maximum Gasteiger partial charge on any atom is 0.248 e. The first-order chi connectivity index (χ1) is 12.0. The Kier molecular flexibility index (Phi) is 4.75. The number of hydrogen-bond acceptors (Lipinski definition) is 2. The molecule has 0 atom stereocenters. The van der Waals surface area contributed by atoms with Gasteiger partial charge in [0.2, 0.25) is 5.91 Å². The summed E-state index contributed by atoms with van der Waals surface area (Å²) in [6.45, 7) is 0.403. The van der Waals surface area contributed by atoms with Crippen LogP contribution in [0.3, 0.4) is 0 Å². The molecule has 0 fully saturated rings. The van der Waals surface area contributed by atoms with Crippen molar-refractivity contribution in [3.8, 4) is 16.9 Å². The predicted octanol–water partition coefficient (Wildman–Crippen LogP) is 4.31. The van der Waals surface area contributed by atoms with Crippen molar-refractivity contribution >= 4 is 5.91 Å². The smallest absolute Gasteiger partial charge is 0.248 e. The van der Waals surface area contributed by atoms with Crippen LogP contribution in [-0.4, -0.2) is 5.91 Å². The number of carbonyl (C=O) groups excluding carboxylic acids is 1. The summed E-state index contributed by atoms with van der Waals surface area (Å²) in [6, 6.07) is 18.2. The Balaban J connectivity index is 1.82. The average molecular weight is 339 g/mol. The van der Waals surface area contributed by atoms with Crippen LogP contribution >= 0.6 is 0 Å². The molecule has 0 aliphatic heterocycles. The quantitative estimate of drug-likeness (QED) is 0.753. The predicted molar refractivity (Wildman–Crippen MR) is 91.1 cm³/mol. The van der Waals surface area contributed by atoms with Gasteiger partial charge in [0.1, 0.15) is 12.4 Å². The number of ether oxygens (including phenoxy) is 1. The summed E-state index contributed by atoms with van der Waals surface area (Å²) < 4.78 is 33.4. The molecule has 0 spiro atoms. The second-order valence-electron chi connectivity index (χ2n) is 5.48. The normalized spacial score (nSPS) is 10.5. The van der Waals surface area contributed by atoms with Gasteiger partial charge in [0.15, 0.2) is 11.6 Å². The molecular weight excluding hydrogens is 324 g/mol. The van der Waals surface area contributed by atoms with Crippen LogP contribution in [0.15, 0.2) is 66.7 Å². The third-order valence-electron chi connectivity index (χ3n) is 3.73. The molecular formula is C20H15F2NO2. The van der Waals surface area contributed by atoms with E-state index in [-0.39, 0.29) is 11.1 Å². The van der Waals surface area contributed by atoms with E-state index in [1.807, 2.05) is 30.3 Å². The van der Waals surface area contributed by atoms with Gasteiger partial charge in [0, 0.05) is 11.1 Å². The van der Waals surface area contributed by atoms with Crippen LogP contribution in [0, 0.1) is 11.6 Å². The van der Waals surface area contributed by atoms with Crippen LogP contribution in [0.1, 0.15) is 15.9 Å². The highest BCUT2D eigenvalue weighted by molar-refractivity contribution is 5.94. The zero-order valence-corrected chi connectivity index (χ0v) is 13.2. The number of nitrogens with two attached hydrogens (primary N) is 1. The second-order valence-corrected chi connectivity index (χ2v) is 5.48.